The van der Waals surface area contributed by atoms with Gasteiger partial charge in [-0.2, -0.15) is 0 Å². The van der Waals surface area contributed by atoms with Crippen molar-refractivity contribution in [1.29, 1.82) is 0 Å². The summed E-state index contributed by atoms with van der Waals surface area (Å²) in [6.45, 7) is 9.13. The maximum atomic E-state index is 9.32. The summed E-state index contributed by atoms with van der Waals surface area (Å²) < 4.78 is 0. The number of aromatic hydroxyl groups is 1. The fraction of sp³-hybridized carbons (Fsp3) is 0.600. The molecule has 2 unspecified atom stereocenters. The molecule has 0 aliphatic heterocycles. The van der Waals surface area contributed by atoms with Gasteiger partial charge in [0.1, 0.15) is 5.75 Å². The molecule has 0 aliphatic rings. The third-order valence-electron chi connectivity index (χ3n) is 3.84. The van der Waals surface area contributed by atoms with E-state index in [2.05, 4.69) is 39.8 Å². The molecule has 90 valence electrons. The van der Waals surface area contributed by atoms with Crippen molar-refractivity contribution in [3.05, 3.63) is 29.8 Å². The lowest BCUT2D eigenvalue weighted by atomic mass is 9.83. The summed E-state index contributed by atoms with van der Waals surface area (Å²) >= 11 is 0. The molecule has 0 radical (unpaired) electrons. The Morgan fingerprint density at radius 2 is 1.75 bits per heavy atom. The van der Waals surface area contributed by atoms with Gasteiger partial charge in [-0.3, -0.25) is 0 Å². The molecule has 0 heterocycles. The normalized spacial score (nSPS) is 16.8. The van der Waals surface area contributed by atoms with E-state index in [1.165, 1.54) is 18.4 Å². The molecule has 1 aromatic carbocycles. The predicted octanol–water partition coefficient (Wildman–Crippen LogP) is 4.50. The van der Waals surface area contributed by atoms with Gasteiger partial charge in [-0.25, -0.2) is 0 Å². The van der Waals surface area contributed by atoms with Crippen LogP contribution < -0.4 is 0 Å². The molecule has 1 N–H and O–H groups in total. The minimum Gasteiger partial charge on any atom is -0.508 e. The zero-order valence-corrected chi connectivity index (χ0v) is 11.0. The van der Waals surface area contributed by atoms with E-state index < -0.39 is 0 Å². The quantitative estimate of drug-likeness (QED) is 0.784. The monoisotopic (exact) mass is 226 g/mol. The summed E-state index contributed by atoms with van der Waals surface area (Å²) in [5, 5.41) is 9.32. The Morgan fingerprint density at radius 1 is 1.19 bits per heavy atom. The summed E-state index contributed by atoms with van der Waals surface area (Å²) in [7, 11) is 0. The lowest BCUT2D eigenvalue weighted by molar-refractivity contribution is 0.336. The van der Waals surface area contributed by atoms with E-state index in [0.717, 1.165) is 12.3 Å². The fourth-order valence-electron chi connectivity index (χ4n) is 2.24. The van der Waals surface area contributed by atoms with E-state index in [1.54, 1.807) is 12.1 Å². The van der Waals surface area contributed by atoms with Gasteiger partial charge in [0, 0.05) is 0 Å². The van der Waals surface area contributed by atoms with Crippen LogP contribution in [0.25, 0.3) is 0 Å². The Kier molecular flexibility index (Phi) is 4.40. The number of phenolic OH excluding ortho intramolecular Hbond substituents is 1. The standard InChI is InChI=1S/C15H24O/c1-5-12(3)11-15(4,6-2)13-7-9-14(16)10-8-13/h7-10,12,16H,5-6,11H2,1-4H3/i7+1,8+1,9+1,10+1,13+1,14+1. The van der Waals surface area contributed by atoms with Gasteiger partial charge in [0.25, 0.3) is 0 Å². The Hall–Kier alpha value is -0.980. The van der Waals surface area contributed by atoms with Crippen molar-refractivity contribution in [2.45, 2.75) is 52.4 Å². The first kappa shape index (κ1) is 13.1. The molecule has 1 aromatic rings. The van der Waals surface area contributed by atoms with Gasteiger partial charge < -0.3 is 5.11 Å². The molecule has 0 aromatic heterocycles. The highest BCUT2D eigenvalue weighted by molar-refractivity contribution is 5.31. The Balaban J connectivity index is 2.90. The van der Waals surface area contributed by atoms with Crippen LogP contribution in [0.3, 0.4) is 0 Å². The smallest absolute Gasteiger partial charge is 0.115 e. The molecular formula is C15H24O. The summed E-state index contributed by atoms with van der Waals surface area (Å²) in [4.78, 5) is 0. The number of benzene rings is 1. The third kappa shape index (κ3) is 3.01. The Labute approximate surface area is 99.5 Å². The molecule has 16 heavy (non-hydrogen) atoms. The highest BCUT2D eigenvalue weighted by atomic mass is 16.3. The molecule has 0 spiro atoms. The van der Waals surface area contributed by atoms with Gasteiger partial charge in [-0.1, -0.05) is 46.2 Å². The second-order valence-electron chi connectivity index (χ2n) is 5.18. The summed E-state index contributed by atoms with van der Waals surface area (Å²) in [5.41, 5.74) is 1.58. The van der Waals surface area contributed by atoms with Gasteiger partial charge in [-0.15, -0.1) is 0 Å². The highest BCUT2D eigenvalue weighted by Crippen LogP contribution is 2.35. The second kappa shape index (κ2) is 5.38. The van der Waals surface area contributed by atoms with Crippen LogP contribution >= 0.6 is 0 Å². The van der Waals surface area contributed by atoms with Crippen molar-refractivity contribution in [2.24, 2.45) is 5.92 Å². The van der Waals surface area contributed by atoms with Crippen LogP contribution in [-0.4, -0.2) is 5.11 Å². The van der Waals surface area contributed by atoms with E-state index >= 15 is 0 Å². The molecule has 1 heteroatoms. The zero-order valence-electron chi connectivity index (χ0n) is 11.0. The van der Waals surface area contributed by atoms with E-state index in [-0.39, 0.29) is 5.41 Å². The number of rotatable bonds is 5. The van der Waals surface area contributed by atoms with Crippen molar-refractivity contribution < 1.29 is 5.11 Å². The van der Waals surface area contributed by atoms with Gasteiger partial charge in [0.05, 0.1) is 0 Å². The maximum absolute atomic E-state index is 9.32. The second-order valence-corrected chi connectivity index (χ2v) is 5.18. The number of hydrogen-bond acceptors (Lipinski definition) is 1. The van der Waals surface area contributed by atoms with Crippen molar-refractivity contribution in [1.82, 2.24) is 0 Å². The lowest BCUT2D eigenvalue weighted by Gasteiger charge is -2.31. The molecule has 2 atom stereocenters. The highest BCUT2D eigenvalue weighted by Gasteiger charge is 2.26. The summed E-state index contributed by atoms with van der Waals surface area (Å²) in [5.74, 6) is 1.10. The van der Waals surface area contributed by atoms with Crippen LogP contribution in [-0.2, 0) is 5.41 Å². The molecule has 1 nitrogen and oxygen atoms in total. The van der Waals surface area contributed by atoms with Crippen LogP contribution in [0.2, 0.25) is 0 Å². The molecule has 0 saturated carbocycles. The number of phenols is 1. The molecule has 1 rings (SSSR count). The van der Waals surface area contributed by atoms with Gasteiger partial charge in [0.15, 0.2) is 0 Å². The molecule has 0 aliphatic carbocycles. The van der Waals surface area contributed by atoms with Gasteiger partial charge in [-0.05, 0) is 41.9 Å². The van der Waals surface area contributed by atoms with Crippen LogP contribution in [0.1, 0.15) is 52.5 Å². The third-order valence-corrected chi connectivity index (χ3v) is 3.84. The molecular weight excluding hydrogens is 202 g/mol. The topological polar surface area (TPSA) is 20.2 Å². The minimum absolute atomic E-state index is 0.239. The lowest BCUT2D eigenvalue weighted by Crippen LogP contribution is -2.23. The first-order valence-electron chi connectivity index (χ1n) is 6.31. The Morgan fingerprint density at radius 3 is 2.19 bits per heavy atom. The first-order chi connectivity index (χ1) is 7.51. The Bertz CT molecular complexity index is 315. The van der Waals surface area contributed by atoms with Crippen molar-refractivity contribution in [3.63, 3.8) is 0 Å². The van der Waals surface area contributed by atoms with Crippen LogP contribution in [0.5, 0.6) is 5.75 Å². The van der Waals surface area contributed by atoms with Crippen molar-refractivity contribution >= 4 is 0 Å². The molecule has 0 bridgehead atoms. The first-order valence-corrected chi connectivity index (χ1v) is 6.31. The van der Waals surface area contributed by atoms with E-state index in [1.807, 2.05) is 0 Å². The van der Waals surface area contributed by atoms with Gasteiger partial charge in [0.2, 0.25) is 0 Å². The van der Waals surface area contributed by atoms with Crippen LogP contribution in [0, 0.1) is 5.92 Å². The predicted molar refractivity (Wildman–Crippen MR) is 69.8 cm³/mol. The van der Waals surface area contributed by atoms with Crippen LogP contribution in [0.15, 0.2) is 24.3 Å². The van der Waals surface area contributed by atoms with Gasteiger partial charge >= 0.3 is 0 Å². The largest absolute Gasteiger partial charge is 0.508 e. The molecule has 0 saturated heterocycles. The zero-order chi connectivity index (χ0) is 12.2. The van der Waals surface area contributed by atoms with Crippen LogP contribution in [0.4, 0.5) is 0 Å². The van der Waals surface area contributed by atoms with E-state index in [9.17, 15) is 5.11 Å². The van der Waals surface area contributed by atoms with Crippen molar-refractivity contribution in [3.8, 4) is 5.75 Å². The average molecular weight is 226 g/mol. The SMILES string of the molecule is CCC(C)CC(C)(CC)[13c]1[13cH][13cH][13c](O)[13cH][13cH]1. The van der Waals surface area contributed by atoms with Crippen molar-refractivity contribution in [2.75, 3.05) is 0 Å². The summed E-state index contributed by atoms with van der Waals surface area (Å²) in [6.07, 6.45) is 3.58. The summed E-state index contributed by atoms with van der Waals surface area (Å²) in [6, 6.07) is 7.70. The molecule has 0 amide bonds. The molecule has 0 fully saturated rings. The van der Waals surface area contributed by atoms with E-state index in [0.29, 0.717) is 5.75 Å². The number of hydrogen-bond donors (Lipinski definition) is 1. The fourth-order valence-corrected chi connectivity index (χ4v) is 2.24. The van der Waals surface area contributed by atoms with E-state index in [4.69, 9.17) is 0 Å². The minimum atomic E-state index is 0.239. The average Bonchev–Trinajstić information content (AvgIpc) is 2.29. The maximum Gasteiger partial charge on any atom is 0.115 e.